The summed E-state index contributed by atoms with van der Waals surface area (Å²) in [5, 5.41) is 4.20. The quantitative estimate of drug-likeness (QED) is 0.645. The molecule has 0 aliphatic rings. The molecule has 0 spiro atoms. The van der Waals surface area contributed by atoms with E-state index in [-0.39, 0.29) is 5.91 Å². The van der Waals surface area contributed by atoms with Crippen LogP contribution >= 0.6 is 23.1 Å². The number of carbonyl (C=O) groups is 1. The lowest BCUT2D eigenvalue weighted by Crippen LogP contribution is -2.21. The van der Waals surface area contributed by atoms with Crippen LogP contribution in [0.1, 0.15) is 16.6 Å². The number of thiophene rings is 1. The van der Waals surface area contributed by atoms with Gasteiger partial charge in [0.25, 0.3) is 5.91 Å². The average molecular weight is 285 g/mol. The molecule has 1 amide bonds. The first-order chi connectivity index (χ1) is 8.38. The Morgan fingerprint density at radius 2 is 2.17 bits per heavy atom. The van der Waals surface area contributed by atoms with Crippen molar-refractivity contribution in [2.75, 3.05) is 37.9 Å². The fourth-order valence-electron chi connectivity index (χ4n) is 1.34. The van der Waals surface area contributed by atoms with Gasteiger partial charge in [-0.05, 0) is 13.2 Å². The van der Waals surface area contributed by atoms with E-state index in [0.717, 1.165) is 15.5 Å². The van der Waals surface area contributed by atoms with E-state index < -0.39 is 0 Å². The van der Waals surface area contributed by atoms with E-state index in [1.165, 1.54) is 16.2 Å². The zero-order valence-corrected chi connectivity index (χ0v) is 12.8. The maximum absolute atomic E-state index is 12.0. The minimum absolute atomic E-state index is 0.0591. The highest BCUT2D eigenvalue weighted by Gasteiger charge is 2.21. The van der Waals surface area contributed by atoms with Gasteiger partial charge in [0.2, 0.25) is 0 Å². The largest absolute Gasteiger partial charge is 0.396 e. The molecule has 6 heteroatoms. The Balaban J connectivity index is 3.08. The standard InChI is InChI=1S/C12H19N3OS2/c1-7(2)6-14-11-9(17-5)8(13)10(18-11)12(16)15(3)4/h14H,1,6,13H2,2-5H3. The van der Waals surface area contributed by atoms with E-state index in [4.69, 9.17) is 5.73 Å². The molecule has 1 aromatic heterocycles. The van der Waals surface area contributed by atoms with Crippen LogP contribution in [-0.2, 0) is 0 Å². The van der Waals surface area contributed by atoms with Gasteiger partial charge in [-0.15, -0.1) is 23.1 Å². The van der Waals surface area contributed by atoms with Gasteiger partial charge in [-0.2, -0.15) is 0 Å². The van der Waals surface area contributed by atoms with Gasteiger partial charge in [0, 0.05) is 20.6 Å². The molecule has 3 N–H and O–H groups in total. The summed E-state index contributed by atoms with van der Waals surface area (Å²) in [5.74, 6) is -0.0591. The third kappa shape index (κ3) is 3.20. The van der Waals surface area contributed by atoms with E-state index in [1.54, 1.807) is 25.9 Å². The van der Waals surface area contributed by atoms with Crippen molar-refractivity contribution in [3.63, 3.8) is 0 Å². The SMILES string of the molecule is C=C(C)CNc1sc(C(=O)N(C)C)c(N)c1SC. The summed E-state index contributed by atoms with van der Waals surface area (Å²) in [5.41, 5.74) is 7.64. The van der Waals surface area contributed by atoms with E-state index >= 15 is 0 Å². The second-order valence-electron chi connectivity index (χ2n) is 4.22. The molecule has 0 atom stereocenters. The van der Waals surface area contributed by atoms with Crippen molar-refractivity contribution in [2.24, 2.45) is 0 Å². The van der Waals surface area contributed by atoms with Crippen LogP contribution in [0.2, 0.25) is 0 Å². The molecule has 0 unspecified atom stereocenters. The number of nitrogens with two attached hydrogens (primary N) is 1. The van der Waals surface area contributed by atoms with Crippen LogP contribution in [0.15, 0.2) is 17.0 Å². The van der Waals surface area contributed by atoms with Crippen LogP contribution in [-0.4, -0.2) is 37.7 Å². The summed E-state index contributed by atoms with van der Waals surface area (Å²) in [7, 11) is 3.45. The molecule has 100 valence electrons. The number of rotatable bonds is 5. The number of nitrogens with one attached hydrogen (secondary N) is 1. The van der Waals surface area contributed by atoms with Crippen molar-refractivity contribution >= 4 is 39.7 Å². The van der Waals surface area contributed by atoms with Crippen molar-refractivity contribution in [1.82, 2.24) is 4.90 Å². The molecule has 0 radical (unpaired) electrons. The predicted octanol–water partition coefficient (Wildman–Crippen LogP) is 2.74. The molecule has 0 saturated heterocycles. The number of nitrogens with zero attached hydrogens (tertiary/aromatic N) is 1. The normalized spacial score (nSPS) is 10.2. The number of amides is 1. The summed E-state index contributed by atoms with van der Waals surface area (Å²) in [4.78, 5) is 15.1. The Labute approximate surface area is 116 Å². The highest BCUT2D eigenvalue weighted by molar-refractivity contribution is 7.99. The van der Waals surface area contributed by atoms with Gasteiger partial charge in [-0.1, -0.05) is 12.2 Å². The fraction of sp³-hybridized carbons (Fsp3) is 0.417. The lowest BCUT2D eigenvalue weighted by molar-refractivity contribution is 0.0833. The van der Waals surface area contributed by atoms with Gasteiger partial charge in [-0.25, -0.2) is 0 Å². The van der Waals surface area contributed by atoms with E-state index in [0.29, 0.717) is 17.1 Å². The van der Waals surface area contributed by atoms with Gasteiger partial charge < -0.3 is 16.0 Å². The van der Waals surface area contributed by atoms with Gasteiger partial charge in [0.1, 0.15) is 9.88 Å². The summed E-state index contributed by atoms with van der Waals surface area (Å²) < 4.78 is 0. The molecule has 1 rings (SSSR count). The topological polar surface area (TPSA) is 58.4 Å². The molecular formula is C12H19N3OS2. The second-order valence-corrected chi connectivity index (χ2v) is 6.05. The molecule has 0 aliphatic carbocycles. The molecule has 0 bridgehead atoms. The summed E-state index contributed by atoms with van der Waals surface area (Å²) >= 11 is 2.95. The minimum atomic E-state index is -0.0591. The smallest absolute Gasteiger partial charge is 0.265 e. The van der Waals surface area contributed by atoms with E-state index in [1.807, 2.05) is 13.2 Å². The Bertz CT molecular complexity index is 466. The van der Waals surface area contributed by atoms with Gasteiger partial charge in [-0.3, -0.25) is 4.79 Å². The summed E-state index contributed by atoms with van der Waals surface area (Å²) in [6, 6.07) is 0. The maximum Gasteiger partial charge on any atom is 0.265 e. The number of anilines is 2. The zero-order valence-electron chi connectivity index (χ0n) is 11.2. The monoisotopic (exact) mass is 285 g/mol. The minimum Gasteiger partial charge on any atom is -0.396 e. The van der Waals surface area contributed by atoms with Crippen molar-refractivity contribution < 1.29 is 4.79 Å². The molecule has 0 aliphatic heterocycles. The van der Waals surface area contributed by atoms with Gasteiger partial charge >= 0.3 is 0 Å². The molecule has 1 aromatic rings. The van der Waals surface area contributed by atoms with Crippen LogP contribution in [0.25, 0.3) is 0 Å². The van der Waals surface area contributed by atoms with Crippen molar-refractivity contribution in [3.05, 3.63) is 17.0 Å². The molecule has 0 fully saturated rings. The molecule has 18 heavy (non-hydrogen) atoms. The number of thioether (sulfide) groups is 1. The average Bonchev–Trinajstić information content (AvgIpc) is 2.61. The maximum atomic E-state index is 12.0. The lowest BCUT2D eigenvalue weighted by atomic mass is 10.3. The number of carbonyl (C=O) groups excluding carboxylic acids is 1. The highest BCUT2D eigenvalue weighted by Crippen LogP contribution is 2.42. The molecule has 1 heterocycles. The van der Waals surface area contributed by atoms with E-state index in [9.17, 15) is 4.79 Å². The highest BCUT2D eigenvalue weighted by atomic mass is 32.2. The lowest BCUT2D eigenvalue weighted by Gasteiger charge is -2.08. The first kappa shape index (κ1) is 14.9. The first-order valence-corrected chi connectivity index (χ1v) is 7.48. The third-order valence-corrected chi connectivity index (χ3v) is 4.37. The molecule has 0 aromatic carbocycles. The number of nitrogen functional groups attached to an aromatic ring is 1. The van der Waals surface area contributed by atoms with Gasteiger partial charge in [0.05, 0.1) is 10.6 Å². The van der Waals surface area contributed by atoms with Gasteiger partial charge in [0.15, 0.2) is 0 Å². The van der Waals surface area contributed by atoms with Crippen molar-refractivity contribution in [1.29, 1.82) is 0 Å². The Morgan fingerprint density at radius 3 is 2.61 bits per heavy atom. The Hall–Kier alpha value is -1.14. The zero-order chi connectivity index (χ0) is 13.9. The Morgan fingerprint density at radius 1 is 1.56 bits per heavy atom. The molecule has 4 nitrogen and oxygen atoms in total. The third-order valence-electron chi connectivity index (χ3n) is 2.25. The van der Waals surface area contributed by atoms with Crippen LogP contribution in [0.4, 0.5) is 10.7 Å². The first-order valence-electron chi connectivity index (χ1n) is 5.44. The van der Waals surface area contributed by atoms with Crippen molar-refractivity contribution in [2.45, 2.75) is 11.8 Å². The fourth-order valence-corrected chi connectivity index (χ4v) is 3.39. The number of hydrogen-bond acceptors (Lipinski definition) is 5. The molecular weight excluding hydrogens is 266 g/mol. The predicted molar refractivity (Wildman–Crippen MR) is 81.8 cm³/mol. The van der Waals surface area contributed by atoms with Crippen molar-refractivity contribution in [3.8, 4) is 0 Å². The summed E-state index contributed by atoms with van der Waals surface area (Å²) in [6.07, 6.45) is 1.95. The molecule has 0 saturated carbocycles. The second kappa shape index (κ2) is 6.15. The number of hydrogen-bond donors (Lipinski definition) is 2. The Kier molecular flexibility index (Phi) is 5.10. The van der Waals surface area contributed by atoms with E-state index in [2.05, 4.69) is 11.9 Å². The summed E-state index contributed by atoms with van der Waals surface area (Å²) in [6.45, 7) is 6.48. The van der Waals surface area contributed by atoms with Crippen LogP contribution in [0.5, 0.6) is 0 Å². The van der Waals surface area contributed by atoms with Crippen LogP contribution in [0, 0.1) is 0 Å². The van der Waals surface area contributed by atoms with Crippen LogP contribution in [0.3, 0.4) is 0 Å². The van der Waals surface area contributed by atoms with Crippen LogP contribution < -0.4 is 11.1 Å².